The number of fused-ring (bicyclic) bond motifs is 1. The number of carbonyl (C=O) groups is 3. The second-order valence-electron chi connectivity index (χ2n) is 5.81. The zero-order valence-electron chi connectivity index (χ0n) is 13.7. The lowest BCUT2D eigenvalue weighted by Gasteiger charge is -2.15. The number of benzene rings is 2. The molecule has 5 nitrogen and oxygen atoms in total. The van der Waals surface area contributed by atoms with Crippen LogP contribution in [0.4, 0.5) is 0 Å². The summed E-state index contributed by atoms with van der Waals surface area (Å²) in [5.41, 5.74) is 6.18. The smallest absolute Gasteiger partial charge is 0.240 e. The Morgan fingerprint density at radius 2 is 1.79 bits per heavy atom. The van der Waals surface area contributed by atoms with Crippen LogP contribution < -0.4 is 11.1 Å². The van der Waals surface area contributed by atoms with E-state index in [0.717, 1.165) is 16.3 Å². The summed E-state index contributed by atoms with van der Waals surface area (Å²) in [7, 11) is 0. The van der Waals surface area contributed by atoms with E-state index in [4.69, 9.17) is 5.73 Å². The van der Waals surface area contributed by atoms with E-state index in [1.165, 1.54) is 0 Å². The first-order valence-electron chi connectivity index (χ1n) is 8.07. The minimum Gasteiger partial charge on any atom is -0.368 e. The highest BCUT2D eigenvalue weighted by atomic mass is 16.2. The van der Waals surface area contributed by atoms with Crippen LogP contribution in [0.25, 0.3) is 10.8 Å². The molecule has 0 aliphatic heterocycles. The molecule has 0 aliphatic rings. The van der Waals surface area contributed by atoms with E-state index in [9.17, 15) is 14.4 Å². The SMILES string of the molecule is CCC(=O)CC[C@H](NC(=O)Cc1ccc2ccccc2c1)C(N)=O. The van der Waals surface area contributed by atoms with Gasteiger partial charge >= 0.3 is 0 Å². The first-order valence-corrected chi connectivity index (χ1v) is 8.07. The largest absolute Gasteiger partial charge is 0.368 e. The molecule has 1 atom stereocenters. The van der Waals surface area contributed by atoms with Gasteiger partial charge in [-0.2, -0.15) is 0 Å². The Bertz CT molecular complexity index is 755. The number of hydrogen-bond acceptors (Lipinski definition) is 3. The molecule has 0 fully saturated rings. The summed E-state index contributed by atoms with van der Waals surface area (Å²) in [5.74, 6) is -0.853. The molecule has 0 aromatic heterocycles. The van der Waals surface area contributed by atoms with Crippen LogP contribution in [0, 0.1) is 0 Å². The topological polar surface area (TPSA) is 89.3 Å². The fourth-order valence-corrected chi connectivity index (χ4v) is 2.55. The molecule has 3 N–H and O–H groups in total. The lowest BCUT2D eigenvalue weighted by molar-refractivity contribution is -0.127. The molecule has 0 heterocycles. The van der Waals surface area contributed by atoms with Crippen molar-refractivity contribution in [3.8, 4) is 0 Å². The molecule has 2 aromatic carbocycles. The number of Topliss-reactive ketones (excluding diaryl/α,β-unsaturated/α-hetero) is 1. The Morgan fingerprint density at radius 3 is 2.46 bits per heavy atom. The van der Waals surface area contributed by atoms with Crippen molar-refractivity contribution >= 4 is 28.4 Å². The van der Waals surface area contributed by atoms with Gasteiger partial charge in [-0.3, -0.25) is 14.4 Å². The number of hydrogen-bond donors (Lipinski definition) is 2. The van der Waals surface area contributed by atoms with Gasteiger partial charge in [0.1, 0.15) is 11.8 Å². The quantitative estimate of drug-likeness (QED) is 0.778. The Hall–Kier alpha value is -2.69. The summed E-state index contributed by atoms with van der Waals surface area (Å²) < 4.78 is 0. The number of nitrogens with one attached hydrogen (secondary N) is 1. The number of primary amides is 1. The third-order valence-electron chi connectivity index (χ3n) is 3.96. The standard InChI is InChI=1S/C19H22N2O3/c1-2-16(22)9-10-17(19(20)24)21-18(23)12-13-7-8-14-5-3-4-6-15(14)11-13/h3-8,11,17H,2,9-10,12H2,1H3,(H2,20,24)(H,21,23)/t17-/m0/s1. The molecule has 0 radical (unpaired) electrons. The maximum absolute atomic E-state index is 12.2. The highest BCUT2D eigenvalue weighted by Gasteiger charge is 2.19. The van der Waals surface area contributed by atoms with Crippen LogP contribution in [-0.4, -0.2) is 23.6 Å². The molecule has 2 rings (SSSR count). The molecular formula is C19H22N2O3. The Labute approximate surface area is 141 Å². The van der Waals surface area contributed by atoms with Crippen LogP contribution in [0.2, 0.25) is 0 Å². The van der Waals surface area contributed by atoms with Gasteiger partial charge in [0.25, 0.3) is 0 Å². The van der Waals surface area contributed by atoms with E-state index in [1.807, 2.05) is 42.5 Å². The van der Waals surface area contributed by atoms with Crippen molar-refractivity contribution in [3.05, 3.63) is 48.0 Å². The lowest BCUT2D eigenvalue weighted by Crippen LogP contribution is -2.45. The first-order chi connectivity index (χ1) is 11.5. The van der Waals surface area contributed by atoms with Crippen molar-refractivity contribution in [2.24, 2.45) is 5.73 Å². The molecule has 0 unspecified atom stereocenters. The normalized spacial score (nSPS) is 11.9. The molecule has 126 valence electrons. The second kappa shape index (κ2) is 8.24. The van der Waals surface area contributed by atoms with E-state index < -0.39 is 11.9 Å². The van der Waals surface area contributed by atoms with Gasteiger partial charge in [-0.25, -0.2) is 0 Å². The van der Waals surface area contributed by atoms with Crippen molar-refractivity contribution in [3.63, 3.8) is 0 Å². The highest BCUT2D eigenvalue weighted by molar-refractivity contribution is 5.89. The molecule has 2 aromatic rings. The molecule has 0 saturated carbocycles. The van der Waals surface area contributed by atoms with Gasteiger partial charge in [-0.05, 0) is 22.8 Å². The van der Waals surface area contributed by atoms with Gasteiger partial charge in [0.2, 0.25) is 11.8 Å². The second-order valence-corrected chi connectivity index (χ2v) is 5.81. The van der Waals surface area contributed by atoms with Gasteiger partial charge in [0.05, 0.1) is 6.42 Å². The van der Waals surface area contributed by atoms with Crippen molar-refractivity contribution in [1.29, 1.82) is 0 Å². The average Bonchev–Trinajstić information content (AvgIpc) is 2.57. The lowest BCUT2D eigenvalue weighted by atomic mass is 10.0. The molecule has 5 heteroatoms. The maximum atomic E-state index is 12.2. The van der Waals surface area contributed by atoms with Crippen LogP contribution in [-0.2, 0) is 20.8 Å². The maximum Gasteiger partial charge on any atom is 0.240 e. The molecule has 0 aliphatic carbocycles. The zero-order valence-corrected chi connectivity index (χ0v) is 13.7. The Balaban J connectivity index is 1.98. The average molecular weight is 326 g/mol. The molecular weight excluding hydrogens is 304 g/mol. The fourth-order valence-electron chi connectivity index (χ4n) is 2.55. The first kappa shape index (κ1) is 17.7. The van der Waals surface area contributed by atoms with E-state index in [2.05, 4.69) is 5.32 Å². The number of amides is 2. The van der Waals surface area contributed by atoms with Crippen molar-refractivity contribution in [2.45, 2.75) is 38.6 Å². The van der Waals surface area contributed by atoms with Crippen LogP contribution in [0.5, 0.6) is 0 Å². The minimum absolute atomic E-state index is 0.0463. The number of rotatable bonds is 8. The highest BCUT2D eigenvalue weighted by Crippen LogP contribution is 2.16. The van der Waals surface area contributed by atoms with Crippen LogP contribution >= 0.6 is 0 Å². The van der Waals surface area contributed by atoms with Crippen LogP contribution in [0.3, 0.4) is 0 Å². The van der Waals surface area contributed by atoms with Crippen molar-refractivity contribution in [2.75, 3.05) is 0 Å². The molecule has 0 bridgehead atoms. The monoisotopic (exact) mass is 326 g/mol. The molecule has 24 heavy (non-hydrogen) atoms. The molecule has 0 spiro atoms. The van der Waals surface area contributed by atoms with E-state index in [1.54, 1.807) is 6.92 Å². The summed E-state index contributed by atoms with van der Waals surface area (Å²) in [6, 6.07) is 12.9. The summed E-state index contributed by atoms with van der Waals surface area (Å²) in [6.45, 7) is 1.76. The van der Waals surface area contributed by atoms with Gasteiger partial charge in [0, 0.05) is 12.8 Å². The number of ketones is 1. The third-order valence-corrected chi connectivity index (χ3v) is 3.96. The van der Waals surface area contributed by atoms with Crippen LogP contribution in [0.1, 0.15) is 31.7 Å². The summed E-state index contributed by atoms with van der Waals surface area (Å²) in [6.07, 6.45) is 1.05. The van der Waals surface area contributed by atoms with Gasteiger partial charge in [-0.15, -0.1) is 0 Å². The summed E-state index contributed by atoms with van der Waals surface area (Å²) in [4.78, 5) is 35.0. The number of nitrogens with two attached hydrogens (primary N) is 1. The zero-order chi connectivity index (χ0) is 17.5. The molecule has 2 amide bonds. The fraction of sp³-hybridized carbons (Fsp3) is 0.316. The van der Waals surface area contributed by atoms with Crippen molar-refractivity contribution < 1.29 is 14.4 Å². The molecule has 0 saturated heterocycles. The van der Waals surface area contributed by atoms with Gasteiger partial charge in [-0.1, -0.05) is 49.4 Å². The predicted octanol–water partition coefficient (Wildman–Crippen LogP) is 2.11. The van der Waals surface area contributed by atoms with Gasteiger partial charge in [0.15, 0.2) is 0 Å². The third kappa shape index (κ3) is 4.91. The minimum atomic E-state index is -0.812. The van der Waals surface area contributed by atoms with E-state index in [-0.39, 0.29) is 31.0 Å². The van der Waals surface area contributed by atoms with E-state index >= 15 is 0 Å². The van der Waals surface area contributed by atoms with Crippen LogP contribution in [0.15, 0.2) is 42.5 Å². The number of carbonyl (C=O) groups excluding carboxylic acids is 3. The Kier molecular flexibility index (Phi) is 6.07. The van der Waals surface area contributed by atoms with E-state index in [0.29, 0.717) is 6.42 Å². The predicted molar refractivity (Wildman–Crippen MR) is 93.3 cm³/mol. The summed E-state index contributed by atoms with van der Waals surface area (Å²) in [5, 5.41) is 4.79. The summed E-state index contributed by atoms with van der Waals surface area (Å²) >= 11 is 0. The van der Waals surface area contributed by atoms with Crippen molar-refractivity contribution in [1.82, 2.24) is 5.32 Å². The Morgan fingerprint density at radius 1 is 1.08 bits per heavy atom. The van der Waals surface area contributed by atoms with Gasteiger partial charge < -0.3 is 11.1 Å².